The second kappa shape index (κ2) is 4.81. The van der Waals surface area contributed by atoms with E-state index >= 15 is 0 Å². The third kappa shape index (κ3) is 2.16. The van der Waals surface area contributed by atoms with Crippen molar-refractivity contribution in [2.24, 2.45) is 7.05 Å². The Kier molecular flexibility index (Phi) is 2.99. The summed E-state index contributed by atoms with van der Waals surface area (Å²) in [7, 11) is 1.81. The number of rotatable bonds is 2. The van der Waals surface area contributed by atoms with Gasteiger partial charge >= 0.3 is 0 Å². The molecular weight excluding hydrogens is 250 g/mol. The molecule has 0 aliphatic heterocycles. The number of anilines is 1. The summed E-state index contributed by atoms with van der Waals surface area (Å²) in [4.78, 5) is 12.4. The van der Waals surface area contributed by atoms with Crippen molar-refractivity contribution in [3.05, 3.63) is 59.8 Å². The number of fused-ring (bicyclic) bond motifs is 1. The third-order valence-corrected chi connectivity index (χ3v) is 3.28. The normalized spacial score (nSPS) is 10.7. The molecule has 0 radical (unpaired) electrons. The molecule has 2 aromatic carbocycles. The summed E-state index contributed by atoms with van der Waals surface area (Å²) in [5.41, 5.74) is 1.54. The van der Waals surface area contributed by atoms with Crippen molar-refractivity contribution >= 4 is 22.5 Å². The van der Waals surface area contributed by atoms with Gasteiger partial charge in [-0.15, -0.1) is 0 Å². The second-order valence-corrected chi connectivity index (χ2v) is 4.78. The van der Waals surface area contributed by atoms with Crippen LogP contribution in [-0.4, -0.2) is 15.7 Å². The van der Waals surface area contributed by atoms with Gasteiger partial charge in [0.15, 0.2) is 0 Å². The number of carbonyl (C=O) groups is 1. The lowest BCUT2D eigenvalue weighted by molar-refractivity contribution is 0.102. The molecule has 0 spiro atoms. The Morgan fingerprint density at radius 1 is 1.15 bits per heavy atom. The van der Waals surface area contributed by atoms with Gasteiger partial charge < -0.3 is 5.32 Å². The van der Waals surface area contributed by atoms with E-state index in [0.29, 0.717) is 11.4 Å². The van der Waals surface area contributed by atoms with Gasteiger partial charge in [0, 0.05) is 18.7 Å². The van der Waals surface area contributed by atoms with Crippen molar-refractivity contribution < 1.29 is 4.79 Å². The number of aromatic nitrogens is 2. The fraction of sp³-hybridized carbons (Fsp3) is 0.125. The van der Waals surface area contributed by atoms with E-state index in [1.54, 1.807) is 4.68 Å². The molecule has 0 aliphatic carbocycles. The molecule has 3 rings (SSSR count). The molecule has 1 aromatic heterocycles. The molecule has 0 saturated carbocycles. The Morgan fingerprint density at radius 3 is 2.65 bits per heavy atom. The van der Waals surface area contributed by atoms with Crippen LogP contribution in [0.3, 0.4) is 0 Å². The number of hydrogen-bond donors (Lipinski definition) is 1. The SMILES string of the molecule is Cc1cc(NC(=O)c2cccc3ccccc23)n(C)n1. The van der Waals surface area contributed by atoms with E-state index in [0.717, 1.165) is 16.5 Å². The molecular formula is C16H15N3O. The van der Waals surface area contributed by atoms with Gasteiger partial charge in [0.1, 0.15) is 5.82 Å². The smallest absolute Gasteiger partial charge is 0.257 e. The highest BCUT2D eigenvalue weighted by molar-refractivity contribution is 6.12. The second-order valence-electron chi connectivity index (χ2n) is 4.78. The standard InChI is InChI=1S/C16H15N3O/c1-11-10-15(19(2)18-11)17-16(20)14-9-5-7-12-6-3-4-8-13(12)14/h3-10H,1-2H3,(H,17,20). The third-order valence-electron chi connectivity index (χ3n) is 3.28. The van der Waals surface area contributed by atoms with Crippen LogP contribution in [0.25, 0.3) is 10.8 Å². The molecule has 0 bridgehead atoms. The van der Waals surface area contributed by atoms with Gasteiger partial charge in [-0.25, -0.2) is 0 Å². The van der Waals surface area contributed by atoms with Crippen molar-refractivity contribution in [2.45, 2.75) is 6.92 Å². The van der Waals surface area contributed by atoms with Gasteiger partial charge in [-0.3, -0.25) is 9.48 Å². The van der Waals surface area contributed by atoms with Crippen LogP contribution in [0.2, 0.25) is 0 Å². The molecule has 4 nitrogen and oxygen atoms in total. The topological polar surface area (TPSA) is 46.9 Å². The van der Waals surface area contributed by atoms with Crippen LogP contribution in [0.15, 0.2) is 48.5 Å². The van der Waals surface area contributed by atoms with E-state index in [-0.39, 0.29) is 5.91 Å². The molecule has 100 valence electrons. The highest BCUT2D eigenvalue weighted by Gasteiger charge is 2.12. The lowest BCUT2D eigenvalue weighted by Crippen LogP contribution is -2.14. The van der Waals surface area contributed by atoms with Gasteiger partial charge in [0.2, 0.25) is 0 Å². The highest BCUT2D eigenvalue weighted by Crippen LogP contribution is 2.20. The average molecular weight is 265 g/mol. The van der Waals surface area contributed by atoms with E-state index in [2.05, 4.69) is 10.4 Å². The quantitative estimate of drug-likeness (QED) is 0.773. The zero-order valence-electron chi connectivity index (χ0n) is 11.4. The Labute approximate surface area is 117 Å². The number of benzene rings is 2. The van der Waals surface area contributed by atoms with Gasteiger partial charge in [-0.05, 0) is 23.8 Å². The fourth-order valence-electron chi connectivity index (χ4n) is 2.33. The number of aryl methyl sites for hydroxylation is 2. The average Bonchev–Trinajstić information content (AvgIpc) is 2.76. The monoisotopic (exact) mass is 265 g/mol. The first-order chi connectivity index (χ1) is 9.65. The molecule has 1 N–H and O–H groups in total. The number of amides is 1. The van der Waals surface area contributed by atoms with Crippen LogP contribution in [0.5, 0.6) is 0 Å². The predicted molar refractivity (Wildman–Crippen MR) is 79.8 cm³/mol. The number of carbonyl (C=O) groups excluding carboxylic acids is 1. The largest absolute Gasteiger partial charge is 0.307 e. The van der Waals surface area contributed by atoms with Crippen LogP contribution < -0.4 is 5.32 Å². The maximum absolute atomic E-state index is 12.4. The fourth-order valence-corrected chi connectivity index (χ4v) is 2.33. The van der Waals surface area contributed by atoms with Crippen LogP contribution >= 0.6 is 0 Å². The van der Waals surface area contributed by atoms with E-state index in [4.69, 9.17) is 0 Å². The zero-order chi connectivity index (χ0) is 14.1. The number of nitrogens with zero attached hydrogens (tertiary/aromatic N) is 2. The first-order valence-electron chi connectivity index (χ1n) is 6.45. The van der Waals surface area contributed by atoms with Crippen molar-refractivity contribution in [3.63, 3.8) is 0 Å². The lowest BCUT2D eigenvalue weighted by Gasteiger charge is -2.08. The maximum atomic E-state index is 12.4. The van der Waals surface area contributed by atoms with Crippen LogP contribution in [0.1, 0.15) is 16.1 Å². The van der Waals surface area contributed by atoms with Gasteiger partial charge in [0.25, 0.3) is 5.91 Å². The first-order valence-corrected chi connectivity index (χ1v) is 6.45. The molecule has 0 saturated heterocycles. The minimum atomic E-state index is -0.121. The number of nitrogens with one attached hydrogen (secondary N) is 1. The van der Waals surface area contributed by atoms with Crippen molar-refractivity contribution in [3.8, 4) is 0 Å². The van der Waals surface area contributed by atoms with Crippen LogP contribution in [-0.2, 0) is 7.05 Å². The summed E-state index contributed by atoms with van der Waals surface area (Å²) in [6, 6.07) is 15.4. The van der Waals surface area contributed by atoms with Crippen LogP contribution in [0.4, 0.5) is 5.82 Å². The highest BCUT2D eigenvalue weighted by atomic mass is 16.1. The van der Waals surface area contributed by atoms with E-state index in [9.17, 15) is 4.79 Å². The predicted octanol–water partition coefficient (Wildman–Crippen LogP) is 3.13. The Hall–Kier alpha value is -2.62. The molecule has 0 atom stereocenters. The minimum absolute atomic E-state index is 0.121. The van der Waals surface area contributed by atoms with Crippen LogP contribution in [0, 0.1) is 6.92 Å². The summed E-state index contributed by atoms with van der Waals surface area (Å²) in [6.07, 6.45) is 0. The molecule has 0 fully saturated rings. The maximum Gasteiger partial charge on any atom is 0.257 e. The minimum Gasteiger partial charge on any atom is -0.307 e. The molecule has 1 amide bonds. The number of hydrogen-bond acceptors (Lipinski definition) is 2. The lowest BCUT2D eigenvalue weighted by atomic mass is 10.0. The summed E-state index contributed by atoms with van der Waals surface area (Å²) >= 11 is 0. The van der Waals surface area contributed by atoms with E-state index in [1.807, 2.05) is 62.5 Å². The molecule has 3 aromatic rings. The summed E-state index contributed by atoms with van der Waals surface area (Å²) in [5.74, 6) is 0.574. The zero-order valence-corrected chi connectivity index (χ0v) is 11.4. The van der Waals surface area contributed by atoms with Gasteiger partial charge in [-0.2, -0.15) is 5.10 Å². The van der Waals surface area contributed by atoms with Crippen molar-refractivity contribution in [2.75, 3.05) is 5.32 Å². The molecule has 4 heteroatoms. The molecule has 0 aliphatic rings. The molecule has 0 unspecified atom stereocenters. The van der Waals surface area contributed by atoms with Crippen molar-refractivity contribution in [1.29, 1.82) is 0 Å². The first kappa shape index (κ1) is 12.4. The van der Waals surface area contributed by atoms with Crippen molar-refractivity contribution in [1.82, 2.24) is 9.78 Å². The summed E-state index contributed by atoms with van der Waals surface area (Å²) in [5, 5.41) is 9.13. The summed E-state index contributed by atoms with van der Waals surface area (Å²) < 4.78 is 1.67. The Bertz CT molecular complexity index is 784. The Morgan fingerprint density at radius 2 is 1.90 bits per heavy atom. The molecule has 20 heavy (non-hydrogen) atoms. The summed E-state index contributed by atoms with van der Waals surface area (Å²) in [6.45, 7) is 1.90. The van der Waals surface area contributed by atoms with Gasteiger partial charge in [-0.1, -0.05) is 36.4 Å². The van der Waals surface area contributed by atoms with E-state index < -0.39 is 0 Å². The van der Waals surface area contributed by atoms with E-state index in [1.165, 1.54) is 0 Å². The molecule has 1 heterocycles. The van der Waals surface area contributed by atoms with Gasteiger partial charge in [0.05, 0.1) is 5.69 Å². The Balaban J connectivity index is 1.99.